The first kappa shape index (κ1) is 10.7. The van der Waals surface area contributed by atoms with Crippen molar-refractivity contribution >= 4 is 15.9 Å². The molecule has 1 saturated heterocycles. The molecule has 0 amide bonds. The number of hydrogen-bond acceptors (Lipinski definition) is 2. The zero-order valence-corrected chi connectivity index (χ0v) is 9.79. The maximum absolute atomic E-state index is 5.39. The van der Waals surface area contributed by atoms with Crippen molar-refractivity contribution < 1.29 is 9.47 Å². The summed E-state index contributed by atoms with van der Waals surface area (Å²) in [5.41, 5.74) is 2.06. The minimum atomic E-state index is -0.191. The fourth-order valence-electron chi connectivity index (χ4n) is 1.41. The number of alkyl halides is 1. The van der Waals surface area contributed by atoms with Gasteiger partial charge >= 0.3 is 0 Å². The van der Waals surface area contributed by atoms with Crippen LogP contribution in [0.3, 0.4) is 0 Å². The predicted octanol–water partition coefficient (Wildman–Crippen LogP) is 2.48. The summed E-state index contributed by atoms with van der Waals surface area (Å²) < 4.78 is 10.8. The minimum Gasteiger partial charge on any atom is -0.346 e. The Morgan fingerprint density at radius 1 is 1.20 bits per heavy atom. The number of halogens is 1. The van der Waals surface area contributed by atoms with Crippen LogP contribution in [0.2, 0.25) is 0 Å². The number of benzene rings is 1. The van der Waals surface area contributed by atoms with Crippen molar-refractivity contribution in [2.75, 3.05) is 18.5 Å². The lowest BCUT2D eigenvalue weighted by Crippen LogP contribution is -1.97. The van der Waals surface area contributed by atoms with Crippen molar-refractivity contribution in [3.05, 3.63) is 35.4 Å². The smallest absolute Gasteiger partial charge is 0.184 e. The van der Waals surface area contributed by atoms with E-state index in [2.05, 4.69) is 27.8 Å². The highest BCUT2D eigenvalue weighted by molar-refractivity contribution is 9.09. The number of rotatable bonds is 1. The van der Waals surface area contributed by atoms with Gasteiger partial charge in [0, 0.05) is 11.1 Å². The van der Waals surface area contributed by atoms with E-state index in [9.17, 15) is 0 Å². The molecule has 78 valence electrons. The molecule has 0 aromatic heterocycles. The van der Waals surface area contributed by atoms with E-state index < -0.39 is 0 Å². The molecule has 0 atom stereocenters. The first-order valence-corrected chi connectivity index (χ1v) is 5.90. The predicted molar refractivity (Wildman–Crippen MR) is 61.8 cm³/mol. The normalized spacial score (nSPS) is 16.1. The monoisotopic (exact) mass is 266 g/mol. The summed E-state index contributed by atoms with van der Waals surface area (Å²) in [6.45, 7) is 1.35. The van der Waals surface area contributed by atoms with Crippen molar-refractivity contribution in [1.82, 2.24) is 0 Å². The van der Waals surface area contributed by atoms with E-state index in [1.165, 1.54) is 0 Å². The lowest BCUT2D eigenvalue weighted by molar-refractivity contribution is -0.0441. The second-order valence-electron chi connectivity index (χ2n) is 3.13. The Morgan fingerprint density at radius 3 is 2.47 bits per heavy atom. The molecule has 2 nitrogen and oxygen atoms in total. The van der Waals surface area contributed by atoms with Crippen LogP contribution in [0.4, 0.5) is 0 Å². The Hall–Kier alpha value is -0.820. The SMILES string of the molecule is BrCC#Cc1ccc(C2OCCO2)cc1. The molecule has 0 radical (unpaired) electrons. The maximum Gasteiger partial charge on any atom is 0.184 e. The van der Waals surface area contributed by atoms with Crippen molar-refractivity contribution in [1.29, 1.82) is 0 Å². The molecule has 3 heteroatoms. The van der Waals surface area contributed by atoms with E-state index in [1.807, 2.05) is 24.3 Å². The van der Waals surface area contributed by atoms with Gasteiger partial charge in [-0.05, 0) is 12.1 Å². The molecule has 2 rings (SSSR count). The summed E-state index contributed by atoms with van der Waals surface area (Å²) in [6.07, 6.45) is -0.191. The molecular formula is C12H11BrO2. The Balaban J connectivity index is 2.09. The van der Waals surface area contributed by atoms with Gasteiger partial charge in [-0.25, -0.2) is 0 Å². The molecule has 1 aliphatic heterocycles. The van der Waals surface area contributed by atoms with Crippen LogP contribution in [0.15, 0.2) is 24.3 Å². The van der Waals surface area contributed by atoms with E-state index in [-0.39, 0.29) is 6.29 Å². The van der Waals surface area contributed by atoms with Gasteiger partial charge in [-0.2, -0.15) is 0 Å². The van der Waals surface area contributed by atoms with Crippen LogP contribution < -0.4 is 0 Å². The first-order chi connectivity index (χ1) is 7.40. The minimum absolute atomic E-state index is 0.191. The first-order valence-electron chi connectivity index (χ1n) is 4.78. The molecule has 15 heavy (non-hydrogen) atoms. The third kappa shape index (κ3) is 2.82. The lowest BCUT2D eigenvalue weighted by atomic mass is 10.1. The van der Waals surface area contributed by atoms with Gasteiger partial charge in [-0.15, -0.1) is 0 Å². The summed E-state index contributed by atoms with van der Waals surface area (Å²) >= 11 is 3.26. The van der Waals surface area contributed by atoms with Crippen LogP contribution in [0.25, 0.3) is 0 Å². The van der Waals surface area contributed by atoms with Crippen LogP contribution in [-0.2, 0) is 9.47 Å². The highest BCUT2D eigenvalue weighted by Gasteiger charge is 2.17. The quantitative estimate of drug-likeness (QED) is 0.575. The van der Waals surface area contributed by atoms with Crippen LogP contribution in [0.1, 0.15) is 17.4 Å². The van der Waals surface area contributed by atoms with E-state index in [4.69, 9.17) is 9.47 Å². The van der Waals surface area contributed by atoms with E-state index in [0.717, 1.165) is 11.1 Å². The Kier molecular flexibility index (Phi) is 3.79. The second kappa shape index (κ2) is 5.32. The molecule has 0 aliphatic carbocycles. The summed E-state index contributed by atoms with van der Waals surface area (Å²) in [4.78, 5) is 0. The highest BCUT2D eigenvalue weighted by atomic mass is 79.9. The van der Waals surface area contributed by atoms with Gasteiger partial charge in [0.25, 0.3) is 0 Å². The standard InChI is InChI=1S/C12H11BrO2/c13-7-1-2-10-3-5-11(6-4-10)12-14-8-9-15-12/h3-6,12H,7-9H2. The van der Waals surface area contributed by atoms with E-state index in [1.54, 1.807) is 0 Å². The molecule has 0 spiro atoms. The molecule has 1 aromatic rings. The summed E-state index contributed by atoms with van der Waals surface area (Å²) in [5, 5.41) is 0.698. The fourth-order valence-corrected chi connectivity index (χ4v) is 1.55. The molecule has 0 N–H and O–H groups in total. The van der Waals surface area contributed by atoms with Gasteiger partial charge in [0.1, 0.15) is 0 Å². The van der Waals surface area contributed by atoms with Crippen LogP contribution >= 0.6 is 15.9 Å². The average Bonchev–Trinajstić information content (AvgIpc) is 2.80. The zero-order valence-electron chi connectivity index (χ0n) is 8.20. The third-order valence-electron chi connectivity index (χ3n) is 2.10. The molecule has 1 fully saturated rings. The number of ether oxygens (including phenoxy) is 2. The van der Waals surface area contributed by atoms with Crippen molar-refractivity contribution in [2.45, 2.75) is 6.29 Å². The second-order valence-corrected chi connectivity index (χ2v) is 3.69. The van der Waals surface area contributed by atoms with E-state index >= 15 is 0 Å². The van der Waals surface area contributed by atoms with Gasteiger partial charge in [0.2, 0.25) is 0 Å². The van der Waals surface area contributed by atoms with Crippen LogP contribution in [0.5, 0.6) is 0 Å². The van der Waals surface area contributed by atoms with Gasteiger partial charge in [0.15, 0.2) is 6.29 Å². The molecule has 0 bridgehead atoms. The van der Waals surface area contributed by atoms with Crippen molar-refractivity contribution in [3.63, 3.8) is 0 Å². The number of hydrogen-bond donors (Lipinski definition) is 0. The largest absolute Gasteiger partial charge is 0.346 e. The highest BCUT2D eigenvalue weighted by Crippen LogP contribution is 2.22. The Bertz CT molecular complexity index is 369. The molecule has 1 aromatic carbocycles. The maximum atomic E-state index is 5.39. The molecule has 0 saturated carbocycles. The topological polar surface area (TPSA) is 18.5 Å². The van der Waals surface area contributed by atoms with Crippen LogP contribution in [0, 0.1) is 11.8 Å². The Morgan fingerprint density at radius 2 is 1.87 bits per heavy atom. The van der Waals surface area contributed by atoms with Crippen molar-refractivity contribution in [2.24, 2.45) is 0 Å². The Labute approximate surface area is 97.7 Å². The lowest BCUT2D eigenvalue weighted by Gasteiger charge is -2.08. The van der Waals surface area contributed by atoms with Gasteiger partial charge in [0.05, 0.1) is 18.5 Å². The van der Waals surface area contributed by atoms with Gasteiger partial charge < -0.3 is 9.47 Å². The van der Waals surface area contributed by atoms with E-state index in [0.29, 0.717) is 18.5 Å². The van der Waals surface area contributed by atoms with Crippen molar-refractivity contribution in [3.8, 4) is 11.8 Å². The summed E-state index contributed by atoms with van der Waals surface area (Å²) in [7, 11) is 0. The third-order valence-corrected chi connectivity index (χ3v) is 2.38. The van der Waals surface area contributed by atoms with Gasteiger partial charge in [-0.1, -0.05) is 39.9 Å². The molecular weight excluding hydrogens is 256 g/mol. The summed E-state index contributed by atoms with van der Waals surface area (Å²) in [5.74, 6) is 5.99. The fraction of sp³-hybridized carbons (Fsp3) is 0.333. The van der Waals surface area contributed by atoms with Crippen LogP contribution in [-0.4, -0.2) is 18.5 Å². The molecule has 1 aliphatic rings. The molecule has 0 unspecified atom stereocenters. The molecule has 1 heterocycles. The average molecular weight is 267 g/mol. The summed E-state index contributed by atoms with van der Waals surface area (Å²) in [6, 6.07) is 7.95. The zero-order chi connectivity index (χ0) is 10.5. The van der Waals surface area contributed by atoms with Gasteiger partial charge in [-0.3, -0.25) is 0 Å².